The predicted molar refractivity (Wildman–Crippen MR) is 75.0 cm³/mol. The second-order valence-electron chi connectivity index (χ2n) is 4.02. The van der Waals surface area contributed by atoms with E-state index in [-0.39, 0.29) is 11.9 Å². The number of benzene rings is 1. The van der Waals surface area contributed by atoms with Crippen LogP contribution in [0.3, 0.4) is 0 Å². The number of nitrogens with one attached hydrogen (secondary N) is 1. The van der Waals surface area contributed by atoms with Gasteiger partial charge in [-0.3, -0.25) is 4.98 Å². The molecule has 1 atom stereocenters. The highest BCUT2D eigenvalue weighted by molar-refractivity contribution is 9.10. The van der Waals surface area contributed by atoms with Crippen molar-refractivity contribution in [1.82, 2.24) is 4.98 Å². The Balaban J connectivity index is 2.23. The van der Waals surface area contributed by atoms with E-state index in [1.54, 1.807) is 18.5 Å². The fraction of sp³-hybridized carbons (Fsp3) is 0.214. The van der Waals surface area contributed by atoms with Crippen LogP contribution in [0.25, 0.3) is 0 Å². The maximum absolute atomic E-state index is 13.7. The molecule has 0 aliphatic carbocycles. The molecule has 1 heterocycles. The molecular weight excluding hydrogens is 295 g/mol. The third kappa shape index (κ3) is 3.07. The number of rotatable bonds is 4. The van der Waals surface area contributed by atoms with Gasteiger partial charge in [0.25, 0.3) is 0 Å². The summed E-state index contributed by atoms with van der Waals surface area (Å²) in [5, 5.41) is 3.29. The van der Waals surface area contributed by atoms with Gasteiger partial charge in [-0.05, 0) is 34.5 Å². The quantitative estimate of drug-likeness (QED) is 0.896. The Bertz CT molecular complexity index is 531. The van der Waals surface area contributed by atoms with Crippen molar-refractivity contribution in [2.75, 3.05) is 5.32 Å². The van der Waals surface area contributed by atoms with E-state index in [1.165, 1.54) is 6.07 Å². The monoisotopic (exact) mass is 308 g/mol. The maximum atomic E-state index is 13.7. The second-order valence-corrected chi connectivity index (χ2v) is 4.93. The molecule has 94 valence electrons. The molecule has 0 amide bonds. The number of nitrogens with zero attached hydrogens (tertiary/aromatic N) is 1. The SMILES string of the molecule is CCC(Nc1cncc(Br)c1)c1ccccc1F. The van der Waals surface area contributed by atoms with Crippen LogP contribution in [-0.4, -0.2) is 4.98 Å². The van der Waals surface area contributed by atoms with Crippen LogP contribution in [0, 0.1) is 5.82 Å². The molecule has 0 saturated heterocycles. The number of halogens is 2. The predicted octanol–water partition coefficient (Wildman–Crippen LogP) is 4.55. The maximum Gasteiger partial charge on any atom is 0.128 e. The Morgan fingerprint density at radius 3 is 2.78 bits per heavy atom. The van der Waals surface area contributed by atoms with Crippen LogP contribution in [0.2, 0.25) is 0 Å². The van der Waals surface area contributed by atoms with Gasteiger partial charge < -0.3 is 5.32 Å². The van der Waals surface area contributed by atoms with Gasteiger partial charge in [0, 0.05) is 16.2 Å². The van der Waals surface area contributed by atoms with Crippen LogP contribution in [0.1, 0.15) is 24.9 Å². The smallest absolute Gasteiger partial charge is 0.128 e. The zero-order chi connectivity index (χ0) is 13.0. The van der Waals surface area contributed by atoms with E-state index < -0.39 is 0 Å². The summed E-state index contributed by atoms with van der Waals surface area (Å²) in [5.74, 6) is -0.181. The topological polar surface area (TPSA) is 24.9 Å². The molecule has 0 radical (unpaired) electrons. The van der Waals surface area contributed by atoms with Gasteiger partial charge >= 0.3 is 0 Å². The summed E-state index contributed by atoms with van der Waals surface area (Å²) < 4.78 is 14.6. The van der Waals surface area contributed by atoms with Gasteiger partial charge in [0.15, 0.2) is 0 Å². The normalized spacial score (nSPS) is 12.2. The summed E-state index contributed by atoms with van der Waals surface area (Å²) in [6.07, 6.45) is 4.25. The molecule has 2 aromatic rings. The fourth-order valence-electron chi connectivity index (χ4n) is 1.85. The molecule has 0 saturated carbocycles. The molecule has 2 rings (SSSR count). The first-order chi connectivity index (χ1) is 8.70. The van der Waals surface area contributed by atoms with Crippen molar-refractivity contribution < 1.29 is 4.39 Å². The summed E-state index contributed by atoms with van der Waals surface area (Å²) in [6, 6.07) is 8.72. The lowest BCUT2D eigenvalue weighted by atomic mass is 10.0. The average Bonchev–Trinajstić information content (AvgIpc) is 2.37. The third-order valence-electron chi connectivity index (χ3n) is 2.73. The Hall–Kier alpha value is -1.42. The highest BCUT2D eigenvalue weighted by Crippen LogP contribution is 2.25. The molecule has 0 spiro atoms. The minimum Gasteiger partial charge on any atom is -0.377 e. The molecular formula is C14H14BrFN2. The van der Waals surface area contributed by atoms with Gasteiger partial charge in [0.2, 0.25) is 0 Å². The van der Waals surface area contributed by atoms with Crippen LogP contribution >= 0.6 is 15.9 Å². The second kappa shape index (κ2) is 5.96. The van der Waals surface area contributed by atoms with Crippen LogP contribution in [0.4, 0.5) is 10.1 Å². The zero-order valence-corrected chi connectivity index (χ0v) is 11.6. The first kappa shape index (κ1) is 13.0. The fourth-order valence-corrected chi connectivity index (χ4v) is 2.21. The van der Waals surface area contributed by atoms with Gasteiger partial charge in [-0.2, -0.15) is 0 Å². The third-order valence-corrected chi connectivity index (χ3v) is 3.17. The number of pyridine rings is 1. The molecule has 18 heavy (non-hydrogen) atoms. The lowest BCUT2D eigenvalue weighted by Gasteiger charge is -2.19. The Morgan fingerprint density at radius 2 is 2.11 bits per heavy atom. The summed E-state index contributed by atoms with van der Waals surface area (Å²) in [5.41, 5.74) is 1.56. The van der Waals surface area contributed by atoms with Gasteiger partial charge in [0.05, 0.1) is 17.9 Å². The van der Waals surface area contributed by atoms with Gasteiger partial charge in [-0.15, -0.1) is 0 Å². The number of aromatic nitrogens is 1. The Labute approximate surface area is 114 Å². The van der Waals surface area contributed by atoms with Crippen LogP contribution in [-0.2, 0) is 0 Å². The summed E-state index contributed by atoms with van der Waals surface area (Å²) in [4.78, 5) is 4.08. The van der Waals surface area contributed by atoms with Crippen LogP contribution in [0.15, 0.2) is 47.2 Å². The first-order valence-electron chi connectivity index (χ1n) is 5.82. The van der Waals surface area contributed by atoms with E-state index >= 15 is 0 Å². The van der Waals surface area contributed by atoms with Crippen LogP contribution < -0.4 is 5.32 Å². The van der Waals surface area contributed by atoms with Crippen molar-refractivity contribution in [3.8, 4) is 0 Å². The van der Waals surface area contributed by atoms with E-state index in [0.29, 0.717) is 5.56 Å². The number of hydrogen-bond acceptors (Lipinski definition) is 2. The lowest BCUT2D eigenvalue weighted by molar-refractivity contribution is 0.587. The molecule has 1 aromatic carbocycles. The summed E-state index contributed by atoms with van der Waals surface area (Å²) in [7, 11) is 0. The summed E-state index contributed by atoms with van der Waals surface area (Å²) in [6.45, 7) is 2.02. The van der Waals surface area contributed by atoms with Crippen molar-refractivity contribution >= 4 is 21.6 Å². The molecule has 4 heteroatoms. The Kier molecular flexibility index (Phi) is 4.31. The molecule has 0 aliphatic rings. The molecule has 0 bridgehead atoms. The molecule has 0 aliphatic heterocycles. The largest absolute Gasteiger partial charge is 0.377 e. The minimum atomic E-state index is -0.181. The van der Waals surface area contributed by atoms with E-state index in [9.17, 15) is 4.39 Å². The van der Waals surface area contributed by atoms with Gasteiger partial charge in [-0.1, -0.05) is 25.1 Å². The van der Waals surface area contributed by atoms with Gasteiger partial charge in [-0.25, -0.2) is 4.39 Å². The number of hydrogen-bond donors (Lipinski definition) is 1. The van der Waals surface area contributed by atoms with E-state index in [4.69, 9.17) is 0 Å². The minimum absolute atomic E-state index is 0.0534. The first-order valence-corrected chi connectivity index (χ1v) is 6.61. The van der Waals surface area contributed by atoms with E-state index in [2.05, 4.69) is 26.2 Å². The van der Waals surface area contributed by atoms with Crippen molar-refractivity contribution in [2.24, 2.45) is 0 Å². The molecule has 0 fully saturated rings. The van der Waals surface area contributed by atoms with Gasteiger partial charge in [0.1, 0.15) is 5.82 Å². The molecule has 2 nitrogen and oxygen atoms in total. The van der Waals surface area contributed by atoms with E-state index in [1.807, 2.05) is 25.1 Å². The van der Waals surface area contributed by atoms with Crippen molar-refractivity contribution in [1.29, 1.82) is 0 Å². The van der Waals surface area contributed by atoms with Crippen LogP contribution in [0.5, 0.6) is 0 Å². The van der Waals surface area contributed by atoms with E-state index in [0.717, 1.165) is 16.6 Å². The standard InChI is InChI=1S/C14H14BrFN2/c1-2-14(12-5-3-4-6-13(12)16)18-11-7-10(15)8-17-9-11/h3-9,14,18H,2H2,1H3. The summed E-state index contributed by atoms with van der Waals surface area (Å²) >= 11 is 3.37. The van der Waals surface area contributed by atoms with Crippen molar-refractivity contribution in [3.05, 3.63) is 58.6 Å². The highest BCUT2D eigenvalue weighted by Gasteiger charge is 2.13. The molecule has 1 aromatic heterocycles. The van der Waals surface area contributed by atoms with Crippen molar-refractivity contribution in [2.45, 2.75) is 19.4 Å². The lowest BCUT2D eigenvalue weighted by Crippen LogP contribution is -2.11. The van der Waals surface area contributed by atoms with Crippen molar-refractivity contribution in [3.63, 3.8) is 0 Å². The number of anilines is 1. The molecule has 1 unspecified atom stereocenters. The Morgan fingerprint density at radius 1 is 1.33 bits per heavy atom. The molecule has 1 N–H and O–H groups in total. The average molecular weight is 309 g/mol. The highest BCUT2D eigenvalue weighted by atomic mass is 79.9. The zero-order valence-electron chi connectivity index (χ0n) is 10.0.